The summed E-state index contributed by atoms with van der Waals surface area (Å²) in [7, 11) is -4.08. The SMILES string of the molecule is CC[C@H]1[C@@H](O)[C@@H]2[C@H](CC[C@]3(C)[C@@H]([C@H](C)CCOC(=O)NS(=O)(=O)c4cccc5ccccc45)CC[C@@H]23)[C@@]2(C)CC[C@@H](O)C[C@@H]12. The van der Waals surface area contributed by atoms with E-state index in [9.17, 15) is 23.4 Å². The lowest BCUT2D eigenvalue weighted by atomic mass is 9.41. The van der Waals surface area contributed by atoms with Gasteiger partial charge in [0.2, 0.25) is 0 Å². The van der Waals surface area contributed by atoms with E-state index in [4.69, 9.17) is 4.74 Å². The van der Waals surface area contributed by atoms with Crippen molar-refractivity contribution < 1.29 is 28.2 Å². The Labute approximate surface area is 263 Å². The smallest absolute Gasteiger partial charge is 0.421 e. The lowest BCUT2D eigenvalue weighted by Gasteiger charge is -2.64. The molecule has 3 N–H and O–H groups in total. The van der Waals surface area contributed by atoms with Gasteiger partial charge in [0.05, 0.1) is 23.7 Å². The van der Waals surface area contributed by atoms with Gasteiger partial charge in [-0.15, -0.1) is 0 Å². The van der Waals surface area contributed by atoms with Gasteiger partial charge >= 0.3 is 6.09 Å². The van der Waals surface area contributed by atoms with Crippen molar-refractivity contribution in [2.75, 3.05) is 6.61 Å². The molecular weight excluding hydrogens is 574 g/mol. The van der Waals surface area contributed by atoms with Crippen molar-refractivity contribution in [3.8, 4) is 0 Å². The van der Waals surface area contributed by atoms with Crippen LogP contribution in [-0.4, -0.2) is 43.5 Å². The Morgan fingerprint density at radius 2 is 1.68 bits per heavy atom. The van der Waals surface area contributed by atoms with E-state index in [1.807, 2.05) is 18.2 Å². The van der Waals surface area contributed by atoms with Crippen LogP contribution >= 0.6 is 0 Å². The predicted molar refractivity (Wildman–Crippen MR) is 171 cm³/mol. The molecule has 4 aliphatic carbocycles. The van der Waals surface area contributed by atoms with Crippen LogP contribution < -0.4 is 4.72 Å². The monoisotopic (exact) mass is 625 g/mol. The molecule has 4 saturated carbocycles. The molecule has 0 saturated heterocycles. The van der Waals surface area contributed by atoms with Crippen LogP contribution in [0.3, 0.4) is 0 Å². The molecule has 0 heterocycles. The molecule has 8 heteroatoms. The van der Waals surface area contributed by atoms with Gasteiger partial charge in [-0.25, -0.2) is 17.9 Å². The summed E-state index contributed by atoms with van der Waals surface area (Å²) in [6.45, 7) is 9.52. The summed E-state index contributed by atoms with van der Waals surface area (Å²) in [5.74, 6) is 2.67. The molecule has 0 unspecified atom stereocenters. The Kier molecular flexibility index (Phi) is 8.59. The molecule has 0 bridgehead atoms. The Morgan fingerprint density at radius 1 is 0.977 bits per heavy atom. The van der Waals surface area contributed by atoms with E-state index < -0.39 is 16.1 Å². The molecule has 0 radical (unpaired) electrons. The van der Waals surface area contributed by atoms with E-state index >= 15 is 0 Å². The van der Waals surface area contributed by atoms with Gasteiger partial charge in [-0.05, 0) is 115 Å². The molecular formula is C36H51NO6S. The van der Waals surface area contributed by atoms with Crippen LogP contribution in [0.15, 0.2) is 47.4 Å². The molecule has 0 aromatic heterocycles. The van der Waals surface area contributed by atoms with E-state index in [1.165, 1.54) is 6.07 Å². The number of aliphatic hydroxyl groups excluding tert-OH is 2. The third-order valence-electron chi connectivity index (χ3n) is 13.2. The summed E-state index contributed by atoms with van der Waals surface area (Å²) >= 11 is 0. The van der Waals surface area contributed by atoms with E-state index in [1.54, 1.807) is 18.2 Å². The number of amides is 1. The van der Waals surface area contributed by atoms with Gasteiger partial charge < -0.3 is 14.9 Å². The molecule has 4 fully saturated rings. The number of sulfonamides is 1. The highest BCUT2D eigenvalue weighted by molar-refractivity contribution is 7.90. The van der Waals surface area contributed by atoms with Crippen molar-refractivity contribution >= 4 is 26.9 Å². The second-order valence-corrected chi connectivity index (χ2v) is 16.8. The van der Waals surface area contributed by atoms with Gasteiger partial charge in [0.25, 0.3) is 10.0 Å². The average molecular weight is 626 g/mol. The quantitative estimate of drug-likeness (QED) is 0.308. The van der Waals surface area contributed by atoms with Crippen LogP contribution in [0.5, 0.6) is 0 Å². The van der Waals surface area contributed by atoms with Crippen molar-refractivity contribution in [3.63, 3.8) is 0 Å². The first-order chi connectivity index (χ1) is 20.9. The zero-order chi connectivity index (χ0) is 31.4. The minimum absolute atomic E-state index is 0.0567. The maximum Gasteiger partial charge on any atom is 0.421 e. The average Bonchev–Trinajstić information content (AvgIpc) is 3.35. The van der Waals surface area contributed by atoms with Crippen LogP contribution in [0.25, 0.3) is 10.8 Å². The highest BCUT2D eigenvalue weighted by Crippen LogP contribution is 2.69. The number of aliphatic hydroxyl groups is 2. The number of benzene rings is 2. The third kappa shape index (κ3) is 5.27. The molecule has 44 heavy (non-hydrogen) atoms. The van der Waals surface area contributed by atoms with Crippen molar-refractivity contribution in [1.29, 1.82) is 0 Å². The molecule has 4 aliphatic rings. The second-order valence-electron chi connectivity index (χ2n) is 15.1. The van der Waals surface area contributed by atoms with Gasteiger partial charge in [0, 0.05) is 5.39 Å². The Balaban J connectivity index is 1.09. The molecule has 2 aromatic carbocycles. The maximum atomic E-state index is 13.0. The van der Waals surface area contributed by atoms with Crippen molar-refractivity contribution in [2.24, 2.45) is 52.3 Å². The topological polar surface area (TPSA) is 113 Å². The summed E-state index contributed by atoms with van der Waals surface area (Å²) in [4.78, 5) is 12.7. The minimum atomic E-state index is -4.08. The first kappa shape index (κ1) is 31.8. The fourth-order valence-corrected chi connectivity index (χ4v) is 12.2. The predicted octanol–water partition coefficient (Wildman–Crippen LogP) is 6.91. The molecule has 1 amide bonds. The van der Waals surface area contributed by atoms with Crippen molar-refractivity contribution in [2.45, 2.75) is 103 Å². The standard InChI is InChI=1S/C36H51NO6S/c1-5-25-30-21-24(38)15-18-36(30,4)29-16-19-35(3)27(13-14-28(35)32(29)33(25)39)22(2)17-20-43-34(40)37-44(41,42)31-12-8-10-23-9-6-7-11-26(23)31/h6-12,22,24-25,27-30,32-33,38-39H,5,13-21H2,1-4H3,(H,37,40)/t22-,24-,25-,27-,28+,29+,30+,32+,33-,35-,36-/m1/s1. The summed E-state index contributed by atoms with van der Waals surface area (Å²) in [6.07, 6.45) is 7.38. The molecule has 242 valence electrons. The first-order valence-electron chi connectivity index (χ1n) is 16.9. The number of ether oxygens (including phenoxy) is 1. The van der Waals surface area contributed by atoms with Crippen molar-refractivity contribution in [1.82, 2.24) is 4.72 Å². The van der Waals surface area contributed by atoms with Crippen molar-refractivity contribution in [3.05, 3.63) is 42.5 Å². The normalized spacial score (nSPS) is 39.1. The van der Waals surface area contributed by atoms with Gasteiger partial charge in [-0.3, -0.25) is 0 Å². The number of hydrogen-bond donors (Lipinski definition) is 3. The Bertz CT molecular complexity index is 1470. The number of rotatable bonds is 7. The third-order valence-corrected chi connectivity index (χ3v) is 14.6. The maximum absolute atomic E-state index is 13.0. The van der Waals surface area contributed by atoms with Crippen LogP contribution in [0.4, 0.5) is 4.79 Å². The summed E-state index contributed by atoms with van der Waals surface area (Å²) < 4.78 is 33.6. The number of carbonyl (C=O) groups is 1. The van der Waals surface area contributed by atoms with Gasteiger partial charge in [-0.1, -0.05) is 70.5 Å². The van der Waals surface area contributed by atoms with Crippen LogP contribution in [0.1, 0.15) is 85.5 Å². The molecule has 11 atom stereocenters. The lowest BCUT2D eigenvalue weighted by molar-refractivity contribution is -0.203. The first-order valence-corrected chi connectivity index (χ1v) is 18.4. The fourth-order valence-electron chi connectivity index (χ4n) is 11.1. The van der Waals surface area contributed by atoms with Crippen LogP contribution in [0.2, 0.25) is 0 Å². The fraction of sp³-hybridized carbons (Fsp3) is 0.694. The highest BCUT2D eigenvalue weighted by atomic mass is 32.2. The summed E-state index contributed by atoms with van der Waals surface area (Å²) in [6, 6.07) is 12.2. The molecule has 7 nitrogen and oxygen atoms in total. The number of hydrogen-bond acceptors (Lipinski definition) is 6. The molecule has 0 aliphatic heterocycles. The molecule has 0 spiro atoms. The van der Waals surface area contributed by atoms with Gasteiger partial charge in [0.15, 0.2) is 0 Å². The van der Waals surface area contributed by atoms with Gasteiger partial charge in [0.1, 0.15) is 0 Å². The molecule has 2 aromatic rings. The zero-order valence-electron chi connectivity index (χ0n) is 26.7. The van der Waals surface area contributed by atoms with Crippen LogP contribution in [0, 0.1) is 52.3 Å². The van der Waals surface area contributed by atoms with E-state index in [2.05, 4.69) is 32.4 Å². The zero-order valence-corrected chi connectivity index (χ0v) is 27.6. The van der Waals surface area contributed by atoms with Gasteiger partial charge in [-0.2, -0.15) is 0 Å². The largest absolute Gasteiger partial charge is 0.449 e. The molecule has 6 rings (SSSR count). The lowest BCUT2D eigenvalue weighted by Crippen LogP contribution is -2.62. The number of fused-ring (bicyclic) bond motifs is 6. The van der Waals surface area contributed by atoms with Crippen LogP contribution in [-0.2, 0) is 14.8 Å². The minimum Gasteiger partial charge on any atom is -0.449 e. The summed E-state index contributed by atoms with van der Waals surface area (Å²) in [5.41, 5.74) is 0.305. The number of carbonyl (C=O) groups excluding carboxylic acids is 1. The van der Waals surface area contributed by atoms with E-state index in [-0.39, 0.29) is 40.5 Å². The number of nitrogens with one attached hydrogen (secondary N) is 1. The van der Waals surface area contributed by atoms with E-state index in [0.717, 1.165) is 56.8 Å². The van der Waals surface area contributed by atoms with E-state index in [0.29, 0.717) is 47.3 Å². The Hall–Kier alpha value is -2.16. The summed E-state index contributed by atoms with van der Waals surface area (Å²) in [5, 5.41) is 23.8. The Morgan fingerprint density at radius 3 is 2.45 bits per heavy atom. The highest BCUT2D eigenvalue weighted by Gasteiger charge is 2.64. The second kappa shape index (κ2) is 11.9.